The fourth-order valence-corrected chi connectivity index (χ4v) is 1.81. The van der Waals surface area contributed by atoms with Gasteiger partial charge in [-0.05, 0) is 19.4 Å². The highest BCUT2D eigenvalue weighted by Crippen LogP contribution is 2.24. The lowest BCUT2D eigenvalue weighted by atomic mass is 10.0. The number of hydrogen-bond acceptors (Lipinski definition) is 6. The van der Waals surface area contributed by atoms with E-state index in [1.165, 1.54) is 24.3 Å². The second-order valence-corrected chi connectivity index (χ2v) is 4.37. The minimum atomic E-state index is -1.02. The van der Waals surface area contributed by atoms with Crippen LogP contribution in [0.3, 0.4) is 0 Å². The van der Waals surface area contributed by atoms with Crippen molar-refractivity contribution in [3.05, 3.63) is 51.8 Å². The summed E-state index contributed by atoms with van der Waals surface area (Å²) in [6.45, 7) is 4.00. The fourth-order valence-electron chi connectivity index (χ4n) is 1.81. The van der Waals surface area contributed by atoms with E-state index in [0.29, 0.717) is 12.2 Å². The second-order valence-electron chi connectivity index (χ2n) is 4.37. The molecule has 1 rings (SSSR count). The van der Waals surface area contributed by atoms with Crippen LogP contribution in [0.5, 0.6) is 0 Å². The number of nitro groups is 1. The zero-order chi connectivity index (χ0) is 16.5. The highest BCUT2D eigenvalue weighted by atomic mass is 16.6. The summed E-state index contributed by atoms with van der Waals surface area (Å²) in [5, 5.41) is 20.9. The smallest absolute Gasteiger partial charge is 0.334 e. The van der Waals surface area contributed by atoms with Gasteiger partial charge in [-0.15, -0.1) is 0 Å². The molecule has 0 heterocycles. The maximum atomic E-state index is 11.4. The number of carbonyl (C=O) groups is 1. The van der Waals surface area contributed by atoms with E-state index >= 15 is 0 Å². The number of aliphatic hydroxyl groups excluding tert-OH is 1. The van der Waals surface area contributed by atoms with Crippen molar-refractivity contribution in [3.8, 4) is 0 Å². The normalized spacial score (nSPS) is 12.6. The van der Waals surface area contributed by atoms with Gasteiger partial charge in [0.1, 0.15) is 5.76 Å². The standard InChI is InChI=1S/C15H19NO6/c1-3-21-13(10-15(18)22-4-2)9-14(17)11-6-5-7-12(8-11)16(19)20/h5-8,10,14,17H,3-4,9H2,1-2H3/b13-10-/t14-/m1/s1. The molecule has 7 nitrogen and oxygen atoms in total. The minimum absolute atomic E-state index is 0.0216. The predicted molar refractivity (Wildman–Crippen MR) is 79.0 cm³/mol. The number of esters is 1. The molecule has 22 heavy (non-hydrogen) atoms. The lowest BCUT2D eigenvalue weighted by Crippen LogP contribution is -2.07. The van der Waals surface area contributed by atoms with E-state index in [0.717, 1.165) is 0 Å². The van der Waals surface area contributed by atoms with Gasteiger partial charge in [0.05, 0.1) is 30.3 Å². The van der Waals surface area contributed by atoms with Crippen LogP contribution < -0.4 is 0 Å². The molecular formula is C15H19NO6. The average molecular weight is 309 g/mol. The summed E-state index contributed by atoms with van der Waals surface area (Å²) in [7, 11) is 0. The molecule has 7 heteroatoms. The van der Waals surface area contributed by atoms with Gasteiger partial charge in [-0.1, -0.05) is 12.1 Å². The Bertz CT molecular complexity index is 555. The Labute approximate surface area is 128 Å². The van der Waals surface area contributed by atoms with Crippen molar-refractivity contribution < 1.29 is 24.3 Å². The van der Waals surface area contributed by atoms with Crippen molar-refractivity contribution in [1.29, 1.82) is 0 Å². The highest BCUT2D eigenvalue weighted by molar-refractivity contribution is 5.82. The van der Waals surface area contributed by atoms with Crippen LogP contribution in [0.1, 0.15) is 31.9 Å². The van der Waals surface area contributed by atoms with Crippen LogP contribution in [-0.4, -0.2) is 29.2 Å². The van der Waals surface area contributed by atoms with Crippen LogP contribution in [0.2, 0.25) is 0 Å². The van der Waals surface area contributed by atoms with Gasteiger partial charge in [0.25, 0.3) is 5.69 Å². The molecule has 0 bridgehead atoms. The average Bonchev–Trinajstić information content (AvgIpc) is 2.47. The van der Waals surface area contributed by atoms with Crippen LogP contribution >= 0.6 is 0 Å². The molecule has 0 aliphatic carbocycles. The van der Waals surface area contributed by atoms with E-state index in [2.05, 4.69) is 0 Å². The molecule has 0 aliphatic heterocycles. The third-order valence-electron chi connectivity index (χ3n) is 2.76. The minimum Gasteiger partial charge on any atom is -0.498 e. The number of ether oxygens (including phenoxy) is 2. The quantitative estimate of drug-likeness (QED) is 0.260. The third kappa shape index (κ3) is 5.53. The van der Waals surface area contributed by atoms with Crippen LogP contribution in [-0.2, 0) is 14.3 Å². The summed E-state index contributed by atoms with van der Waals surface area (Å²) in [5.41, 5.74) is 0.271. The van der Waals surface area contributed by atoms with Crippen molar-refractivity contribution in [2.24, 2.45) is 0 Å². The summed E-state index contributed by atoms with van der Waals surface area (Å²) >= 11 is 0. The number of benzene rings is 1. The molecule has 0 saturated heterocycles. The zero-order valence-electron chi connectivity index (χ0n) is 12.5. The summed E-state index contributed by atoms with van der Waals surface area (Å²) in [6.07, 6.45) is 0.175. The van der Waals surface area contributed by atoms with Gasteiger partial charge < -0.3 is 14.6 Å². The molecular weight excluding hydrogens is 290 g/mol. The fraction of sp³-hybridized carbons (Fsp3) is 0.400. The molecule has 120 valence electrons. The first-order chi connectivity index (χ1) is 10.5. The van der Waals surface area contributed by atoms with E-state index in [1.54, 1.807) is 19.9 Å². The summed E-state index contributed by atoms with van der Waals surface area (Å²) in [6, 6.07) is 5.70. The Morgan fingerprint density at radius 3 is 2.64 bits per heavy atom. The second kappa shape index (κ2) is 8.78. The summed E-state index contributed by atoms with van der Waals surface area (Å²) in [5.74, 6) is -0.294. The van der Waals surface area contributed by atoms with Gasteiger partial charge in [-0.3, -0.25) is 10.1 Å². The molecule has 0 saturated carbocycles. The number of rotatable bonds is 8. The van der Waals surface area contributed by atoms with Gasteiger partial charge >= 0.3 is 5.97 Å². The molecule has 0 aliphatic rings. The topological polar surface area (TPSA) is 98.9 Å². The number of non-ortho nitro benzene ring substituents is 1. The van der Waals surface area contributed by atoms with Crippen LogP contribution in [0.4, 0.5) is 5.69 Å². The van der Waals surface area contributed by atoms with E-state index in [9.17, 15) is 20.0 Å². The van der Waals surface area contributed by atoms with Crippen LogP contribution in [0.15, 0.2) is 36.1 Å². The molecule has 0 amide bonds. The largest absolute Gasteiger partial charge is 0.498 e. The maximum Gasteiger partial charge on any atom is 0.334 e. The van der Waals surface area contributed by atoms with E-state index in [-0.39, 0.29) is 24.5 Å². The van der Waals surface area contributed by atoms with Crippen LogP contribution in [0.25, 0.3) is 0 Å². The van der Waals surface area contributed by atoms with Gasteiger partial charge in [0.2, 0.25) is 0 Å². The molecule has 0 aromatic heterocycles. The zero-order valence-corrected chi connectivity index (χ0v) is 12.5. The Morgan fingerprint density at radius 1 is 1.36 bits per heavy atom. The lowest BCUT2D eigenvalue weighted by molar-refractivity contribution is -0.385. The molecule has 0 spiro atoms. The Morgan fingerprint density at radius 2 is 2.05 bits per heavy atom. The van der Waals surface area contributed by atoms with E-state index in [1.807, 2.05) is 0 Å². The first-order valence-electron chi connectivity index (χ1n) is 6.90. The Balaban J connectivity index is 2.86. The Kier molecular flexibility index (Phi) is 7.04. The predicted octanol–water partition coefficient (Wildman–Crippen LogP) is 2.50. The van der Waals surface area contributed by atoms with Crippen molar-refractivity contribution in [3.63, 3.8) is 0 Å². The first kappa shape index (κ1) is 17.6. The first-order valence-corrected chi connectivity index (χ1v) is 6.90. The summed E-state index contributed by atoms with van der Waals surface area (Å²) < 4.78 is 10.1. The molecule has 1 N–H and O–H groups in total. The number of aliphatic hydroxyl groups is 1. The summed E-state index contributed by atoms with van der Waals surface area (Å²) in [4.78, 5) is 21.7. The highest BCUT2D eigenvalue weighted by Gasteiger charge is 2.16. The number of nitro benzene ring substituents is 1. The third-order valence-corrected chi connectivity index (χ3v) is 2.76. The SMILES string of the molecule is CCOC(=O)/C=C(/C[C@@H](O)c1cccc([N+](=O)[O-])c1)OCC. The molecule has 1 atom stereocenters. The van der Waals surface area contributed by atoms with Gasteiger partial charge in [0.15, 0.2) is 0 Å². The van der Waals surface area contributed by atoms with Crippen molar-refractivity contribution in [1.82, 2.24) is 0 Å². The molecule has 0 radical (unpaired) electrons. The maximum absolute atomic E-state index is 11.4. The molecule has 0 fully saturated rings. The monoisotopic (exact) mass is 309 g/mol. The van der Waals surface area contributed by atoms with Gasteiger partial charge in [0, 0.05) is 18.6 Å². The Hall–Kier alpha value is -2.41. The van der Waals surface area contributed by atoms with Gasteiger partial charge in [-0.2, -0.15) is 0 Å². The number of carbonyl (C=O) groups excluding carboxylic acids is 1. The van der Waals surface area contributed by atoms with Crippen LogP contribution in [0, 0.1) is 10.1 Å². The number of hydrogen-bond donors (Lipinski definition) is 1. The molecule has 0 unspecified atom stereocenters. The van der Waals surface area contributed by atoms with Gasteiger partial charge in [-0.25, -0.2) is 4.79 Å². The molecule has 1 aromatic carbocycles. The lowest BCUT2D eigenvalue weighted by Gasteiger charge is -2.14. The van der Waals surface area contributed by atoms with Crippen molar-refractivity contribution in [2.75, 3.05) is 13.2 Å². The van der Waals surface area contributed by atoms with Crippen molar-refractivity contribution in [2.45, 2.75) is 26.4 Å². The molecule has 1 aromatic rings. The van der Waals surface area contributed by atoms with E-state index in [4.69, 9.17) is 9.47 Å². The van der Waals surface area contributed by atoms with Crippen molar-refractivity contribution >= 4 is 11.7 Å². The number of nitrogens with zero attached hydrogens (tertiary/aromatic N) is 1. The van der Waals surface area contributed by atoms with E-state index < -0.39 is 17.0 Å².